The second kappa shape index (κ2) is 5.87. The molecule has 1 amide bonds. The molecular weight excluding hydrogens is 230 g/mol. The maximum absolute atomic E-state index is 12.1. The third-order valence-electron chi connectivity index (χ3n) is 3.51. The number of aliphatic hydroxyl groups is 1. The van der Waals surface area contributed by atoms with Crippen LogP contribution >= 0.6 is 0 Å². The van der Waals surface area contributed by atoms with Gasteiger partial charge in [0, 0.05) is 25.3 Å². The number of aliphatic hydroxyl groups excluding tert-OH is 1. The van der Waals surface area contributed by atoms with Crippen LogP contribution in [0, 0.1) is 5.92 Å². The Morgan fingerprint density at radius 2 is 2.17 bits per heavy atom. The number of para-hydroxylation sites is 1. The topological polar surface area (TPSA) is 60.8 Å². The summed E-state index contributed by atoms with van der Waals surface area (Å²) >= 11 is 0. The van der Waals surface area contributed by atoms with Crippen molar-refractivity contribution in [3.8, 4) is 5.75 Å². The lowest BCUT2D eigenvalue weighted by molar-refractivity contribution is -0.129. The maximum atomic E-state index is 12.1. The van der Waals surface area contributed by atoms with Gasteiger partial charge in [-0.1, -0.05) is 18.2 Å². The van der Waals surface area contributed by atoms with Crippen LogP contribution in [0.2, 0.25) is 0 Å². The van der Waals surface area contributed by atoms with E-state index in [0.717, 1.165) is 25.9 Å². The highest BCUT2D eigenvalue weighted by atomic mass is 16.3. The predicted octanol–water partition coefficient (Wildman–Crippen LogP) is 1.17. The van der Waals surface area contributed by atoms with Gasteiger partial charge in [0.2, 0.25) is 5.91 Å². The fraction of sp³-hybridized carbons (Fsp3) is 0.500. The zero-order valence-electron chi connectivity index (χ0n) is 10.4. The summed E-state index contributed by atoms with van der Waals surface area (Å²) < 4.78 is 0. The van der Waals surface area contributed by atoms with E-state index in [4.69, 9.17) is 5.11 Å². The molecule has 4 nitrogen and oxygen atoms in total. The van der Waals surface area contributed by atoms with Crippen molar-refractivity contribution in [3.63, 3.8) is 0 Å². The Hall–Kier alpha value is -1.55. The van der Waals surface area contributed by atoms with Crippen LogP contribution in [0.25, 0.3) is 0 Å². The van der Waals surface area contributed by atoms with E-state index >= 15 is 0 Å². The third kappa shape index (κ3) is 3.01. The standard InChI is InChI=1S/C14H19NO3/c16-8-6-11-5-7-15(10-11)14(18)9-12-3-1-2-4-13(12)17/h1-4,11,16-17H,5-10H2. The average Bonchev–Trinajstić information content (AvgIpc) is 2.81. The summed E-state index contributed by atoms with van der Waals surface area (Å²) in [5.74, 6) is 0.650. The van der Waals surface area contributed by atoms with Crippen molar-refractivity contribution in [3.05, 3.63) is 29.8 Å². The van der Waals surface area contributed by atoms with Crippen LogP contribution in [0.1, 0.15) is 18.4 Å². The summed E-state index contributed by atoms with van der Waals surface area (Å²) in [4.78, 5) is 13.9. The first-order valence-corrected chi connectivity index (χ1v) is 6.36. The number of nitrogens with zero attached hydrogens (tertiary/aromatic N) is 1. The van der Waals surface area contributed by atoms with Gasteiger partial charge in [-0.2, -0.15) is 0 Å². The van der Waals surface area contributed by atoms with E-state index in [1.165, 1.54) is 0 Å². The molecule has 1 heterocycles. The molecule has 0 aliphatic carbocycles. The largest absolute Gasteiger partial charge is 0.508 e. The van der Waals surface area contributed by atoms with Crippen LogP contribution in [0.4, 0.5) is 0 Å². The molecule has 0 spiro atoms. The number of carbonyl (C=O) groups is 1. The van der Waals surface area contributed by atoms with Crippen molar-refractivity contribution >= 4 is 5.91 Å². The molecule has 1 atom stereocenters. The molecule has 4 heteroatoms. The smallest absolute Gasteiger partial charge is 0.227 e. The van der Waals surface area contributed by atoms with Crippen LogP contribution in [0.15, 0.2) is 24.3 Å². The van der Waals surface area contributed by atoms with E-state index < -0.39 is 0 Å². The zero-order valence-corrected chi connectivity index (χ0v) is 10.4. The van der Waals surface area contributed by atoms with Crippen molar-refractivity contribution in [1.29, 1.82) is 0 Å². The number of phenolic OH excluding ortho intramolecular Hbond substituents is 1. The lowest BCUT2D eigenvalue weighted by atomic mass is 10.1. The molecule has 0 radical (unpaired) electrons. The van der Waals surface area contributed by atoms with Gasteiger partial charge in [0.15, 0.2) is 0 Å². The Kier molecular flexibility index (Phi) is 4.20. The van der Waals surface area contributed by atoms with Gasteiger partial charge in [0.05, 0.1) is 6.42 Å². The summed E-state index contributed by atoms with van der Waals surface area (Å²) in [5.41, 5.74) is 0.674. The number of likely N-dealkylation sites (tertiary alicyclic amines) is 1. The summed E-state index contributed by atoms with van der Waals surface area (Å²) in [7, 11) is 0. The molecule has 1 saturated heterocycles. The van der Waals surface area contributed by atoms with E-state index in [2.05, 4.69) is 0 Å². The first-order valence-electron chi connectivity index (χ1n) is 6.36. The highest BCUT2D eigenvalue weighted by molar-refractivity contribution is 5.79. The van der Waals surface area contributed by atoms with Crippen molar-refractivity contribution in [1.82, 2.24) is 4.90 Å². The minimum Gasteiger partial charge on any atom is -0.508 e. The van der Waals surface area contributed by atoms with Gasteiger partial charge in [-0.3, -0.25) is 4.79 Å². The highest BCUT2D eigenvalue weighted by Gasteiger charge is 2.25. The van der Waals surface area contributed by atoms with Crippen LogP contribution in [0.5, 0.6) is 5.75 Å². The highest BCUT2D eigenvalue weighted by Crippen LogP contribution is 2.22. The second-order valence-corrected chi connectivity index (χ2v) is 4.81. The summed E-state index contributed by atoms with van der Waals surface area (Å²) in [6, 6.07) is 6.94. The number of phenols is 1. The van der Waals surface area contributed by atoms with Crippen LogP contribution < -0.4 is 0 Å². The van der Waals surface area contributed by atoms with Gasteiger partial charge in [0.1, 0.15) is 5.75 Å². The molecule has 1 unspecified atom stereocenters. The second-order valence-electron chi connectivity index (χ2n) is 4.81. The fourth-order valence-electron chi connectivity index (χ4n) is 2.41. The van der Waals surface area contributed by atoms with E-state index in [0.29, 0.717) is 11.5 Å². The predicted molar refractivity (Wildman–Crippen MR) is 68.2 cm³/mol. The van der Waals surface area contributed by atoms with E-state index in [1.54, 1.807) is 18.2 Å². The van der Waals surface area contributed by atoms with E-state index in [9.17, 15) is 9.90 Å². The minimum absolute atomic E-state index is 0.0527. The molecule has 0 bridgehead atoms. The molecule has 1 aromatic carbocycles. The average molecular weight is 249 g/mol. The van der Waals surface area contributed by atoms with Gasteiger partial charge in [-0.25, -0.2) is 0 Å². The molecule has 2 rings (SSSR count). The van der Waals surface area contributed by atoms with Crippen molar-refractivity contribution in [2.45, 2.75) is 19.3 Å². The fourth-order valence-corrected chi connectivity index (χ4v) is 2.41. The molecule has 0 saturated carbocycles. The number of carbonyl (C=O) groups excluding carboxylic acids is 1. The molecule has 1 aromatic rings. The Bertz CT molecular complexity index is 419. The van der Waals surface area contributed by atoms with Gasteiger partial charge < -0.3 is 15.1 Å². The first-order chi connectivity index (χ1) is 8.70. The summed E-state index contributed by atoms with van der Waals surface area (Å²) in [6.07, 6.45) is 1.98. The molecule has 0 aromatic heterocycles. The van der Waals surface area contributed by atoms with Gasteiger partial charge >= 0.3 is 0 Å². The molecular formula is C14H19NO3. The summed E-state index contributed by atoms with van der Waals surface area (Å²) in [6.45, 7) is 1.68. The monoisotopic (exact) mass is 249 g/mol. The number of benzene rings is 1. The van der Waals surface area contributed by atoms with Crippen molar-refractivity contribution < 1.29 is 15.0 Å². The molecule has 18 heavy (non-hydrogen) atoms. The van der Waals surface area contributed by atoms with E-state index in [-0.39, 0.29) is 24.7 Å². The molecule has 1 aliphatic heterocycles. The van der Waals surface area contributed by atoms with Gasteiger partial charge in [-0.05, 0) is 24.8 Å². The lowest BCUT2D eigenvalue weighted by Gasteiger charge is -2.16. The SMILES string of the molecule is O=C(Cc1ccccc1O)N1CCC(CCO)C1. The Morgan fingerprint density at radius 3 is 2.89 bits per heavy atom. The normalized spacial score (nSPS) is 19.2. The number of hydrogen-bond donors (Lipinski definition) is 2. The number of aromatic hydroxyl groups is 1. The van der Waals surface area contributed by atoms with E-state index in [1.807, 2.05) is 11.0 Å². The lowest BCUT2D eigenvalue weighted by Crippen LogP contribution is -2.30. The Balaban J connectivity index is 1.91. The van der Waals surface area contributed by atoms with Crippen LogP contribution in [-0.4, -0.2) is 40.7 Å². The number of rotatable bonds is 4. The minimum atomic E-state index is 0.0527. The molecule has 1 fully saturated rings. The van der Waals surface area contributed by atoms with Crippen LogP contribution in [-0.2, 0) is 11.2 Å². The van der Waals surface area contributed by atoms with Gasteiger partial charge in [0.25, 0.3) is 0 Å². The first kappa shape index (κ1) is 12.9. The molecule has 2 N–H and O–H groups in total. The Morgan fingerprint density at radius 1 is 1.39 bits per heavy atom. The number of amides is 1. The molecule has 1 aliphatic rings. The van der Waals surface area contributed by atoms with Crippen molar-refractivity contribution in [2.24, 2.45) is 5.92 Å². The maximum Gasteiger partial charge on any atom is 0.227 e. The third-order valence-corrected chi connectivity index (χ3v) is 3.51. The molecule has 98 valence electrons. The van der Waals surface area contributed by atoms with Crippen molar-refractivity contribution in [2.75, 3.05) is 19.7 Å². The van der Waals surface area contributed by atoms with Gasteiger partial charge in [-0.15, -0.1) is 0 Å². The summed E-state index contributed by atoms with van der Waals surface area (Å²) in [5, 5.41) is 18.5. The number of hydrogen-bond acceptors (Lipinski definition) is 3. The Labute approximate surface area is 107 Å². The quantitative estimate of drug-likeness (QED) is 0.842. The zero-order chi connectivity index (χ0) is 13.0. The van der Waals surface area contributed by atoms with Crippen LogP contribution in [0.3, 0.4) is 0 Å².